The molecule has 1 aliphatic carbocycles. The smallest absolute Gasteiger partial charge is 0.330 e. The van der Waals surface area contributed by atoms with Crippen molar-refractivity contribution in [3.8, 4) is 27.7 Å². The summed E-state index contributed by atoms with van der Waals surface area (Å²) in [6.45, 7) is 0.0626. The number of methoxy groups -OCH3 is 1. The van der Waals surface area contributed by atoms with Gasteiger partial charge in [-0.1, -0.05) is 43.2 Å². The van der Waals surface area contributed by atoms with E-state index in [1.807, 2.05) is 66.1 Å². The Kier molecular flexibility index (Phi) is 9.48. The summed E-state index contributed by atoms with van der Waals surface area (Å²) < 4.78 is 5.35. The van der Waals surface area contributed by atoms with Gasteiger partial charge in [-0.15, -0.1) is 16.4 Å². The van der Waals surface area contributed by atoms with Gasteiger partial charge in [0, 0.05) is 46.9 Å². The third-order valence-electron chi connectivity index (χ3n) is 10.7. The molecule has 5 atom stereocenters. The van der Waals surface area contributed by atoms with Crippen molar-refractivity contribution in [3.05, 3.63) is 84.0 Å². The van der Waals surface area contributed by atoms with Crippen molar-refractivity contribution in [2.45, 2.75) is 68.6 Å². The van der Waals surface area contributed by atoms with Gasteiger partial charge in [0.1, 0.15) is 45.5 Å². The fourth-order valence-electron chi connectivity index (χ4n) is 7.59. The Hall–Kier alpha value is -5.83. The molecule has 2 aromatic carbocycles. The third-order valence-corrected chi connectivity index (χ3v) is 11.5. The number of para-hydroxylation sites is 1. The Balaban J connectivity index is 1.14. The van der Waals surface area contributed by atoms with Crippen LogP contribution in [0.15, 0.2) is 78.3 Å². The van der Waals surface area contributed by atoms with E-state index < -0.39 is 47.4 Å². The molecule has 1 saturated carbocycles. The van der Waals surface area contributed by atoms with E-state index in [1.54, 1.807) is 19.4 Å². The third kappa shape index (κ3) is 6.75. The number of aromatic amines is 1. The van der Waals surface area contributed by atoms with Crippen LogP contribution >= 0.6 is 11.3 Å². The number of hydrogen-bond donors (Lipinski definition) is 4. The maximum Gasteiger partial charge on any atom is 0.330 e. The van der Waals surface area contributed by atoms with Crippen LogP contribution in [-0.4, -0.2) is 89.9 Å². The van der Waals surface area contributed by atoms with Crippen molar-refractivity contribution in [2.75, 3.05) is 13.7 Å². The maximum absolute atomic E-state index is 14.7. The molecule has 3 amide bonds. The molecule has 0 bridgehead atoms. The highest BCUT2D eigenvalue weighted by molar-refractivity contribution is 7.13. The van der Waals surface area contributed by atoms with E-state index in [2.05, 4.69) is 20.6 Å². The quantitative estimate of drug-likeness (QED) is 0.167. The van der Waals surface area contributed by atoms with E-state index >= 15 is 0 Å². The molecule has 2 aliphatic heterocycles. The average Bonchev–Trinajstić information content (AvgIpc) is 3.79. The molecule has 3 aliphatic rings. The molecule has 0 spiro atoms. The number of carbonyl (C=O) groups excluding carboxylic acids is 3. The number of amides is 3. The molecule has 278 valence electrons. The van der Waals surface area contributed by atoms with Gasteiger partial charge in [-0.25, -0.2) is 9.78 Å². The number of carboxylic acids is 1. The van der Waals surface area contributed by atoms with E-state index in [0.29, 0.717) is 40.7 Å². The molecule has 8 rings (SSSR count). The Morgan fingerprint density at radius 3 is 2.63 bits per heavy atom. The molecule has 15 heteroatoms. The molecular weight excluding hydrogens is 709 g/mol. The van der Waals surface area contributed by atoms with E-state index in [1.165, 1.54) is 21.0 Å². The monoisotopic (exact) mass is 748 g/mol. The standard InChI is InChI=1S/C39H40N8O6S/c1-53-27-15-13-23(14-16-27)32-33(36-40-17-18-54-36)45-47(44-32)26-20-31-35(49)43-39(38(51)52)21-25(39)10-5-3-2-4-6-12-29(37(50)46(31)22-26)42-34(48)30-19-24-9-7-8-11-28(24)41-30/h5,7-11,13-19,25-26,29,31,41H,2-4,6,12,20-22H2,1H3,(H,42,48)(H,43,49)(H,51,52)/b10-5-/t25-,26-,29-,31-,39+/m0/s1. The second-order valence-corrected chi connectivity index (χ2v) is 15.0. The molecule has 14 nitrogen and oxygen atoms in total. The van der Waals surface area contributed by atoms with Crippen molar-refractivity contribution in [3.63, 3.8) is 0 Å². The summed E-state index contributed by atoms with van der Waals surface area (Å²) in [6, 6.07) is 14.2. The lowest BCUT2D eigenvalue weighted by Gasteiger charge is -2.29. The van der Waals surface area contributed by atoms with Gasteiger partial charge in [-0.2, -0.15) is 9.90 Å². The van der Waals surface area contributed by atoms with Crippen LogP contribution in [-0.2, 0) is 14.4 Å². The van der Waals surface area contributed by atoms with Gasteiger partial charge in [0.05, 0.1) is 13.2 Å². The van der Waals surface area contributed by atoms with Crippen molar-refractivity contribution in [1.29, 1.82) is 0 Å². The summed E-state index contributed by atoms with van der Waals surface area (Å²) in [4.78, 5) is 65.8. The molecule has 0 radical (unpaired) electrons. The minimum Gasteiger partial charge on any atom is -0.497 e. The minimum atomic E-state index is -1.45. The first-order valence-electron chi connectivity index (χ1n) is 18.2. The number of hydrogen-bond acceptors (Lipinski definition) is 9. The Morgan fingerprint density at radius 1 is 1.06 bits per heavy atom. The number of ether oxygens (including phenoxy) is 1. The second kappa shape index (κ2) is 14.5. The lowest BCUT2D eigenvalue weighted by molar-refractivity contribution is -0.145. The zero-order chi connectivity index (χ0) is 37.4. The Morgan fingerprint density at radius 2 is 1.87 bits per heavy atom. The first kappa shape index (κ1) is 35.2. The number of H-pyrrole nitrogens is 1. The molecule has 0 unspecified atom stereocenters. The topological polar surface area (TPSA) is 184 Å². The molecular formula is C39H40N8O6S. The van der Waals surface area contributed by atoms with Crippen LogP contribution in [0.5, 0.6) is 5.75 Å². The number of rotatable bonds is 7. The normalized spacial score (nSPS) is 25.2. The molecule has 4 N–H and O–H groups in total. The van der Waals surface area contributed by atoms with Gasteiger partial charge in [0.25, 0.3) is 5.91 Å². The predicted octanol–water partition coefficient (Wildman–Crippen LogP) is 4.98. The van der Waals surface area contributed by atoms with Gasteiger partial charge in [0.15, 0.2) is 0 Å². The van der Waals surface area contributed by atoms with Crippen molar-refractivity contribution < 1.29 is 29.0 Å². The molecule has 5 aromatic rings. The van der Waals surface area contributed by atoms with E-state index in [-0.39, 0.29) is 25.3 Å². The average molecular weight is 749 g/mol. The lowest BCUT2D eigenvalue weighted by atomic mass is 10.0. The summed E-state index contributed by atoms with van der Waals surface area (Å²) >= 11 is 1.42. The highest BCUT2D eigenvalue weighted by Crippen LogP contribution is 2.46. The SMILES string of the molecule is COc1ccc(-c2nn([C@H]3C[C@H]4C(=O)N[C@]5(C(=O)O)C[C@@H]5/C=C\CCCCC[C@H](NC(=O)c5cc6ccccc6[nH]5)C(=O)N4C3)nc2-c2nccs2)cc1. The summed E-state index contributed by atoms with van der Waals surface area (Å²) in [7, 11) is 1.59. The number of thiazole rings is 1. The van der Waals surface area contributed by atoms with Gasteiger partial charge >= 0.3 is 5.97 Å². The van der Waals surface area contributed by atoms with E-state index in [9.17, 15) is 24.3 Å². The van der Waals surface area contributed by atoms with Crippen LogP contribution in [0.1, 0.15) is 61.5 Å². The van der Waals surface area contributed by atoms with Gasteiger partial charge in [-0.05, 0) is 62.1 Å². The molecule has 5 heterocycles. The number of nitrogens with zero attached hydrogens (tertiary/aromatic N) is 5. The number of benzene rings is 2. The fourth-order valence-corrected chi connectivity index (χ4v) is 8.21. The first-order valence-corrected chi connectivity index (χ1v) is 19.0. The van der Waals surface area contributed by atoms with Gasteiger partial charge in [-0.3, -0.25) is 14.4 Å². The Bertz CT molecular complexity index is 2200. The number of carbonyl (C=O) groups is 4. The molecule has 2 fully saturated rings. The lowest BCUT2D eigenvalue weighted by Crippen LogP contribution is -2.56. The van der Waals surface area contributed by atoms with Crippen LogP contribution in [0.4, 0.5) is 0 Å². The van der Waals surface area contributed by atoms with Crippen LogP contribution < -0.4 is 15.4 Å². The largest absolute Gasteiger partial charge is 0.497 e. The fraction of sp³-hybridized carbons (Fsp3) is 0.359. The molecule has 1 saturated heterocycles. The molecule has 3 aromatic heterocycles. The van der Waals surface area contributed by atoms with Crippen molar-refractivity contribution >= 4 is 45.9 Å². The van der Waals surface area contributed by atoms with E-state index in [4.69, 9.17) is 14.9 Å². The first-order chi connectivity index (χ1) is 26.2. The van der Waals surface area contributed by atoms with Crippen LogP contribution in [0.25, 0.3) is 32.9 Å². The van der Waals surface area contributed by atoms with Gasteiger partial charge in [0.2, 0.25) is 11.8 Å². The number of allylic oxidation sites excluding steroid dienone is 1. The van der Waals surface area contributed by atoms with Crippen molar-refractivity contribution in [2.24, 2.45) is 5.92 Å². The van der Waals surface area contributed by atoms with Gasteiger partial charge < -0.3 is 30.4 Å². The number of carboxylic acid groups (broad SMARTS) is 1. The molecule has 54 heavy (non-hydrogen) atoms. The minimum absolute atomic E-state index is 0.0626. The maximum atomic E-state index is 14.7. The number of nitrogens with one attached hydrogen (secondary N) is 3. The van der Waals surface area contributed by atoms with Crippen molar-refractivity contribution in [1.82, 2.24) is 40.5 Å². The summed E-state index contributed by atoms with van der Waals surface area (Å²) in [5.74, 6) is -2.20. The number of aromatic nitrogens is 5. The second-order valence-electron chi connectivity index (χ2n) is 14.1. The van der Waals surface area contributed by atoms with Crippen LogP contribution in [0.2, 0.25) is 0 Å². The van der Waals surface area contributed by atoms with E-state index in [0.717, 1.165) is 35.7 Å². The summed E-state index contributed by atoms with van der Waals surface area (Å²) in [5, 5.41) is 29.2. The Labute approximate surface area is 314 Å². The van der Waals surface area contributed by atoms with Crippen LogP contribution in [0.3, 0.4) is 0 Å². The number of fused-ring (bicyclic) bond motifs is 3. The number of aliphatic carboxylic acids is 1. The highest BCUT2D eigenvalue weighted by Gasteiger charge is 2.61. The summed E-state index contributed by atoms with van der Waals surface area (Å²) in [6.07, 6.45) is 9.35. The summed E-state index contributed by atoms with van der Waals surface area (Å²) in [5.41, 5.74) is 1.58. The zero-order valence-electron chi connectivity index (χ0n) is 29.6. The highest BCUT2D eigenvalue weighted by atomic mass is 32.1. The predicted molar refractivity (Wildman–Crippen MR) is 201 cm³/mol. The zero-order valence-corrected chi connectivity index (χ0v) is 30.4. The van der Waals surface area contributed by atoms with Crippen LogP contribution in [0, 0.1) is 5.92 Å².